The third-order valence-electron chi connectivity index (χ3n) is 2.58. The largest absolute Gasteiger partial charge is 0.480 e. The first-order chi connectivity index (χ1) is 7.86. The number of carbonyl (C=O) groups is 2. The van der Waals surface area contributed by atoms with Crippen molar-refractivity contribution < 1.29 is 14.7 Å². The Hall–Kier alpha value is -1.14. The van der Waals surface area contributed by atoms with E-state index < -0.39 is 18.1 Å². The number of aliphatic carboxylic acids is 1. The molecule has 0 saturated carbocycles. The van der Waals surface area contributed by atoms with Gasteiger partial charge >= 0.3 is 5.97 Å². The van der Waals surface area contributed by atoms with Crippen molar-refractivity contribution in [3.8, 4) is 0 Å². The molecule has 0 aromatic heterocycles. The van der Waals surface area contributed by atoms with Gasteiger partial charge in [0.2, 0.25) is 5.91 Å². The molecule has 0 aromatic carbocycles. The number of nitrogens with one attached hydrogen (secondary N) is 1. The lowest BCUT2D eigenvalue weighted by molar-refractivity contribution is -0.138. The Balaban J connectivity index is 3.59. The summed E-state index contributed by atoms with van der Waals surface area (Å²) in [5.74, 6) is -1.05. The van der Waals surface area contributed by atoms with Crippen LogP contribution in [0.5, 0.6) is 0 Å². The van der Waals surface area contributed by atoms with Crippen LogP contribution in [0.25, 0.3) is 0 Å². The molecule has 0 radical (unpaired) electrons. The maximum Gasteiger partial charge on any atom is 0.320 e. The van der Waals surface area contributed by atoms with E-state index in [2.05, 4.69) is 5.32 Å². The summed E-state index contributed by atoms with van der Waals surface area (Å²) in [7, 11) is 0. The van der Waals surface area contributed by atoms with Gasteiger partial charge in [0.05, 0.1) is 6.04 Å². The lowest BCUT2D eigenvalue weighted by atomic mass is 10.0. The van der Waals surface area contributed by atoms with Crippen LogP contribution in [-0.4, -0.2) is 35.6 Å². The summed E-state index contributed by atoms with van der Waals surface area (Å²) in [6.07, 6.45) is 1.80. The van der Waals surface area contributed by atoms with Crippen LogP contribution in [0.2, 0.25) is 0 Å². The van der Waals surface area contributed by atoms with Crippen LogP contribution in [0.1, 0.15) is 33.1 Å². The van der Waals surface area contributed by atoms with Crippen LogP contribution < -0.4 is 16.8 Å². The SMILES string of the molecule is CC(C)C(N)C(=O)NCCCCC(N)C(=O)O. The highest BCUT2D eigenvalue weighted by Gasteiger charge is 2.16. The predicted octanol–water partition coefficient (Wildman–Crippen LogP) is -0.332. The quantitative estimate of drug-likeness (QED) is 0.437. The van der Waals surface area contributed by atoms with Crippen molar-refractivity contribution in [2.75, 3.05) is 6.54 Å². The first kappa shape index (κ1) is 15.9. The van der Waals surface area contributed by atoms with E-state index in [1.54, 1.807) is 0 Å². The van der Waals surface area contributed by atoms with Crippen molar-refractivity contribution in [3.63, 3.8) is 0 Å². The second-order valence-electron chi connectivity index (χ2n) is 4.50. The van der Waals surface area contributed by atoms with Crippen LogP contribution in [0.4, 0.5) is 0 Å². The van der Waals surface area contributed by atoms with Crippen molar-refractivity contribution in [3.05, 3.63) is 0 Å². The molecule has 100 valence electrons. The van der Waals surface area contributed by atoms with Gasteiger partial charge in [0.1, 0.15) is 6.04 Å². The van der Waals surface area contributed by atoms with E-state index in [0.717, 1.165) is 0 Å². The fourth-order valence-electron chi connectivity index (χ4n) is 1.24. The molecule has 0 saturated heterocycles. The molecule has 17 heavy (non-hydrogen) atoms. The second-order valence-corrected chi connectivity index (χ2v) is 4.50. The Morgan fingerprint density at radius 1 is 1.24 bits per heavy atom. The van der Waals surface area contributed by atoms with E-state index in [9.17, 15) is 9.59 Å². The summed E-state index contributed by atoms with van der Waals surface area (Å²) in [6.45, 7) is 4.28. The number of amides is 1. The molecule has 0 aliphatic rings. The topological polar surface area (TPSA) is 118 Å². The summed E-state index contributed by atoms with van der Waals surface area (Å²) >= 11 is 0. The molecule has 0 aliphatic carbocycles. The Kier molecular flexibility index (Phi) is 7.49. The Morgan fingerprint density at radius 3 is 2.29 bits per heavy atom. The second kappa shape index (κ2) is 8.03. The lowest BCUT2D eigenvalue weighted by Gasteiger charge is -2.15. The minimum Gasteiger partial charge on any atom is -0.480 e. The molecule has 6 nitrogen and oxygen atoms in total. The number of unbranched alkanes of at least 4 members (excludes halogenated alkanes) is 1. The van der Waals surface area contributed by atoms with Crippen molar-refractivity contribution in [1.29, 1.82) is 0 Å². The van der Waals surface area contributed by atoms with E-state index in [1.807, 2.05) is 13.8 Å². The predicted molar refractivity (Wildman–Crippen MR) is 65.3 cm³/mol. The number of rotatable bonds is 8. The molecule has 0 heterocycles. The number of hydrogen-bond acceptors (Lipinski definition) is 4. The first-order valence-corrected chi connectivity index (χ1v) is 5.88. The van der Waals surface area contributed by atoms with Crippen LogP contribution in [-0.2, 0) is 9.59 Å². The highest BCUT2D eigenvalue weighted by molar-refractivity contribution is 5.81. The van der Waals surface area contributed by atoms with E-state index >= 15 is 0 Å². The van der Waals surface area contributed by atoms with Crippen LogP contribution in [0, 0.1) is 5.92 Å². The molecule has 1 amide bonds. The normalized spacial score (nSPS) is 14.4. The van der Waals surface area contributed by atoms with Gasteiger partial charge in [-0.15, -0.1) is 0 Å². The Labute approximate surface area is 102 Å². The monoisotopic (exact) mass is 245 g/mol. The van der Waals surface area contributed by atoms with Gasteiger partial charge in [0, 0.05) is 6.54 Å². The standard InChI is InChI=1S/C11H23N3O3/c1-7(2)9(13)10(15)14-6-4-3-5-8(12)11(16)17/h7-9H,3-6,12-13H2,1-2H3,(H,14,15)(H,16,17). The smallest absolute Gasteiger partial charge is 0.320 e. The average Bonchev–Trinajstić information content (AvgIpc) is 2.26. The molecule has 0 fully saturated rings. The summed E-state index contributed by atoms with van der Waals surface area (Å²) in [5.41, 5.74) is 11.0. The van der Waals surface area contributed by atoms with E-state index in [-0.39, 0.29) is 11.8 Å². The van der Waals surface area contributed by atoms with E-state index in [0.29, 0.717) is 25.8 Å². The van der Waals surface area contributed by atoms with Gasteiger partial charge in [-0.25, -0.2) is 0 Å². The molecule has 0 rings (SSSR count). The van der Waals surface area contributed by atoms with Crippen molar-refractivity contribution in [2.45, 2.75) is 45.2 Å². The lowest BCUT2D eigenvalue weighted by Crippen LogP contribution is -2.44. The number of carboxylic acid groups (broad SMARTS) is 1. The van der Waals surface area contributed by atoms with Crippen LogP contribution in [0.15, 0.2) is 0 Å². The zero-order valence-corrected chi connectivity index (χ0v) is 10.5. The van der Waals surface area contributed by atoms with Gasteiger partial charge < -0.3 is 21.9 Å². The van der Waals surface area contributed by atoms with Crippen LogP contribution in [0.3, 0.4) is 0 Å². The minimum atomic E-state index is -0.990. The molecule has 0 spiro atoms. The fourth-order valence-corrected chi connectivity index (χ4v) is 1.24. The maximum atomic E-state index is 11.4. The van der Waals surface area contributed by atoms with Gasteiger partial charge in [0.25, 0.3) is 0 Å². The molecule has 0 bridgehead atoms. The van der Waals surface area contributed by atoms with Gasteiger partial charge in [-0.1, -0.05) is 13.8 Å². The van der Waals surface area contributed by atoms with Crippen molar-refractivity contribution in [1.82, 2.24) is 5.32 Å². The van der Waals surface area contributed by atoms with Crippen molar-refractivity contribution >= 4 is 11.9 Å². The van der Waals surface area contributed by atoms with E-state index in [1.165, 1.54) is 0 Å². The molecule has 6 heteroatoms. The number of hydrogen-bond donors (Lipinski definition) is 4. The van der Waals surface area contributed by atoms with Gasteiger partial charge in [-0.05, 0) is 25.2 Å². The maximum absolute atomic E-state index is 11.4. The van der Waals surface area contributed by atoms with E-state index in [4.69, 9.17) is 16.6 Å². The fraction of sp³-hybridized carbons (Fsp3) is 0.818. The molecule has 0 aromatic rings. The zero-order chi connectivity index (χ0) is 13.4. The minimum absolute atomic E-state index is 0.107. The molecular weight excluding hydrogens is 222 g/mol. The molecule has 2 unspecified atom stereocenters. The summed E-state index contributed by atoms with van der Waals surface area (Å²) in [6, 6.07) is -1.31. The third kappa shape index (κ3) is 6.91. The average molecular weight is 245 g/mol. The number of carbonyl (C=O) groups excluding carboxylic acids is 1. The molecule has 6 N–H and O–H groups in total. The summed E-state index contributed by atoms with van der Waals surface area (Å²) < 4.78 is 0. The van der Waals surface area contributed by atoms with Gasteiger partial charge in [0.15, 0.2) is 0 Å². The molecule has 0 aliphatic heterocycles. The zero-order valence-electron chi connectivity index (χ0n) is 10.5. The van der Waals surface area contributed by atoms with Gasteiger partial charge in [-0.2, -0.15) is 0 Å². The van der Waals surface area contributed by atoms with Crippen LogP contribution >= 0.6 is 0 Å². The van der Waals surface area contributed by atoms with Crippen molar-refractivity contribution in [2.24, 2.45) is 17.4 Å². The number of nitrogens with two attached hydrogens (primary N) is 2. The molecule has 2 atom stereocenters. The highest BCUT2D eigenvalue weighted by Crippen LogP contribution is 2.00. The summed E-state index contributed by atoms with van der Waals surface area (Å²) in [5, 5.41) is 11.3. The summed E-state index contributed by atoms with van der Waals surface area (Å²) in [4.78, 5) is 21.9. The third-order valence-corrected chi connectivity index (χ3v) is 2.58. The van der Waals surface area contributed by atoms with Gasteiger partial charge in [-0.3, -0.25) is 9.59 Å². The number of carboxylic acids is 1. The molecular formula is C11H23N3O3. The Bertz CT molecular complexity index is 256. The Morgan fingerprint density at radius 2 is 1.82 bits per heavy atom. The highest BCUT2D eigenvalue weighted by atomic mass is 16.4. The first-order valence-electron chi connectivity index (χ1n) is 5.88.